The van der Waals surface area contributed by atoms with Crippen LogP contribution in [0.2, 0.25) is 0 Å². The van der Waals surface area contributed by atoms with Crippen molar-refractivity contribution in [2.75, 3.05) is 4.90 Å². The van der Waals surface area contributed by atoms with E-state index in [1.807, 2.05) is 0 Å². The number of hydrogen-bond donors (Lipinski definition) is 0. The third-order valence-corrected chi connectivity index (χ3v) is 11.8. The van der Waals surface area contributed by atoms with Crippen LogP contribution < -0.4 is 4.90 Å². The summed E-state index contributed by atoms with van der Waals surface area (Å²) >= 11 is 0. The highest BCUT2D eigenvalue weighted by Crippen LogP contribution is 2.43. The van der Waals surface area contributed by atoms with Crippen LogP contribution in [0.4, 0.5) is 17.1 Å². The minimum atomic E-state index is 1.09. The Hall–Kier alpha value is -7.74. The first-order valence-corrected chi connectivity index (χ1v) is 20.3. The molecule has 0 amide bonds. The lowest BCUT2D eigenvalue weighted by Gasteiger charge is -2.27. The largest absolute Gasteiger partial charge is 0.310 e. The number of rotatable bonds is 7. The third-order valence-electron chi connectivity index (χ3n) is 11.8. The molecule has 0 aromatic heterocycles. The number of anilines is 3. The van der Waals surface area contributed by atoms with Crippen LogP contribution in [0.3, 0.4) is 0 Å². The summed E-state index contributed by atoms with van der Waals surface area (Å²) in [5, 5.41) is 10.1. The van der Waals surface area contributed by atoms with Crippen molar-refractivity contribution in [3.05, 3.63) is 237 Å². The molecule has 0 atom stereocenters. The van der Waals surface area contributed by atoms with Crippen LogP contribution >= 0.6 is 0 Å². The van der Waals surface area contributed by atoms with E-state index in [4.69, 9.17) is 0 Å². The fourth-order valence-corrected chi connectivity index (χ4v) is 8.93. The zero-order valence-electron chi connectivity index (χ0n) is 32.5. The van der Waals surface area contributed by atoms with Gasteiger partial charge >= 0.3 is 0 Å². The van der Waals surface area contributed by atoms with Gasteiger partial charge in [0, 0.05) is 17.1 Å². The monoisotopic (exact) mass is 749 g/mol. The number of benzene rings is 11. The van der Waals surface area contributed by atoms with Crippen LogP contribution in [0.1, 0.15) is 0 Å². The van der Waals surface area contributed by atoms with Crippen molar-refractivity contribution in [2.24, 2.45) is 0 Å². The maximum Gasteiger partial charge on any atom is 0.0468 e. The van der Waals surface area contributed by atoms with E-state index in [-0.39, 0.29) is 0 Å². The van der Waals surface area contributed by atoms with Gasteiger partial charge in [0.1, 0.15) is 0 Å². The van der Waals surface area contributed by atoms with Crippen LogP contribution in [-0.4, -0.2) is 0 Å². The lowest BCUT2D eigenvalue weighted by molar-refractivity contribution is 1.28. The lowest BCUT2D eigenvalue weighted by Crippen LogP contribution is -2.10. The normalized spacial score (nSPS) is 11.4. The fraction of sp³-hybridized carbons (Fsp3) is 0. The van der Waals surface area contributed by atoms with Crippen molar-refractivity contribution in [3.8, 4) is 44.5 Å². The second-order valence-corrected chi connectivity index (χ2v) is 15.3. The fourth-order valence-electron chi connectivity index (χ4n) is 8.93. The molecule has 0 aliphatic rings. The van der Waals surface area contributed by atoms with Gasteiger partial charge in [0.05, 0.1) is 0 Å². The third kappa shape index (κ3) is 6.30. The van der Waals surface area contributed by atoms with Crippen molar-refractivity contribution < 1.29 is 0 Å². The van der Waals surface area contributed by atoms with Crippen molar-refractivity contribution >= 4 is 60.2 Å². The predicted molar refractivity (Wildman–Crippen MR) is 253 cm³/mol. The van der Waals surface area contributed by atoms with Crippen molar-refractivity contribution in [3.63, 3.8) is 0 Å². The average Bonchev–Trinajstić information content (AvgIpc) is 3.32. The van der Waals surface area contributed by atoms with Gasteiger partial charge in [-0.3, -0.25) is 0 Å². The summed E-state index contributed by atoms with van der Waals surface area (Å²) in [5.74, 6) is 0. The maximum atomic E-state index is 2.38. The van der Waals surface area contributed by atoms with Crippen molar-refractivity contribution in [1.82, 2.24) is 0 Å². The first-order chi connectivity index (χ1) is 29.2. The molecule has 0 spiro atoms. The molecule has 11 aromatic rings. The molecule has 11 rings (SSSR count). The molecule has 0 fully saturated rings. The summed E-state index contributed by atoms with van der Waals surface area (Å²) in [6, 6.07) is 86.3. The first kappa shape index (κ1) is 34.5. The summed E-state index contributed by atoms with van der Waals surface area (Å²) in [6.45, 7) is 0. The zero-order chi connectivity index (χ0) is 39.1. The molecule has 0 aliphatic carbocycles. The van der Waals surface area contributed by atoms with E-state index < -0.39 is 0 Å². The number of fused-ring (bicyclic) bond motifs is 6. The van der Waals surface area contributed by atoms with E-state index in [0.29, 0.717) is 0 Å². The molecule has 0 saturated carbocycles. The molecule has 11 aromatic carbocycles. The van der Waals surface area contributed by atoms with Crippen LogP contribution in [0.25, 0.3) is 87.6 Å². The van der Waals surface area contributed by atoms with Crippen molar-refractivity contribution in [1.29, 1.82) is 0 Å². The standard InChI is InChI=1S/C58H39N/c1-3-12-40(13-4-1)41-26-31-49(32-27-41)59(50-33-28-45(29-34-50)53-21-11-18-42-16-7-9-19-52(42)53)51-35-37-54(57(39-51)43-14-5-2-6-15-43)47-30-36-56-48(38-47)25-24-46-23-22-44-17-8-10-20-55(44)58(46)56/h1-39H. The Morgan fingerprint density at radius 2 is 0.712 bits per heavy atom. The SMILES string of the molecule is c1ccc(-c2ccc(N(c3ccc(-c4cccc5ccccc45)cc3)c3ccc(-c4ccc5c(ccc6ccc7ccccc7c65)c4)c(-c4ccccc4)c3)cc2)cc1. The van der Waals surface area contributed by atoms with Gasteiger partial charge in [0.15, 0.2) is 0 Å². The number of hydrogen-bond acceptors (Lipinski definition) is 1. The summed E-state index contributed by atoms with van der Waals surface area (Å²) in [6.07, 6.45) is 0. The molecule has 59 heavy (non-hydrogen) atoms. The summed E-state index contributed by atoms with van der Waals surface area (Å²) in [5.41, 5.74) is 12.9. The minimum Gasteiger partial charge on any atom is -0.310 e. The molecule has 1 heteroatoms. The van der Waals surface area contributed by atoms with Gasteiger partial charge in [-0.2, -0.15) is 0 Å². The Morgan fingerprint density at radius 1 is 0.220 bits per heavy atom. The molecule has 0 aliphatic heterocycles. The van der Waals surface area contributed by atoms with Crippen LogP contribution in [0.5, 0.6) is 0 Å². The van der Waals surface area contributed by atoms with E-state index >= 15 is 0 Å². The quantitative estimate of drug-likeness (QED) is 0.147. The Balaban J connectivity index is 1.06. The molecule has 276 valence electrons. The van der Waals surface area contributed by atoms with Gasteiger partial charge in [-0.25, -0.2) is 0 Å². The van der Waals surface area contributed by atoms with E-state index in [2.05, 4.69) is 241 Å². The Kier molecular flexibility index (Phi) is 8.56. The molecule has 0 N–H and O–H groups in total. The zero-order valence-corrected chi connectivity index (χ0v) is 32.5. The molecular formula is C58H39N. The highest BCUT2D eigenvalue weighted by molar-refractivity contribution is 6.20. The molecular weight excluding hydrogens is 711 g/mol. The van der Waals surface area contributed by atoms with E-state index in [1.54, 1.807) is 0 Å². The second-order valence-electron chi connectivity index (χ2n) is 15.3. The van der Waals surface area contributed by atoms with Gasteiger partial charge in [0.25, 0.3) is 0 Å². The lowest BCUT2D eigenvalue weighted by atomic mass is 9.90. The average molecular weight is 750 g/mol. The summed E-state index contributed by atoms with van der Waals surface area (Å²) < 4.78 is 0. The van der Waals surface area contributed by atoms with Gasteiger partial charge in [-0.1, -0.05) is 194 Å². The van der Waals surface area contributed by atoms with Crippen LogP contribution in [0, 0.1) is 0 Å². The maximum absolute atomic E-state index is 2.38. The predicted octanol–water partition coefficient (Wildman–Crippen LogP) is 16.4. The first-order valence-electron chi connectivity index (χ1n) is 20.3. The van der Waals surface area contributed by atoms with Crippen LogP contribution in [0.15, 0.2) is 237 Å². The van der Waals surface area contributed by atoms with E-state index in [0.717, 1.165) is 17.1 Å². The molecule has 0 heterocycles. The van der Waals surface area contributed by atoms with E-state index in [1.165, 1.54) is 87.6 Å². The highest BCUT2D eigenvalue weighted by atomic mass is 15.1. The molecule has 0 bridgehead atoms. The molecule has 0 unspecified atom stereocenters. The van der Waals surface area contributed by atoms with E-state index in [9.17, 15) is 0 Å². The molecule has 0 saturated heterocycles. The Bertz CT molecular complexity index is 3290. The van der Waals surface area contributed by atoms with Crippen LogP contribution in [-0.2, 0) is 0 Å². The Morgan fingerprint density at radius 3 is 1.44 bits per heavy atom. The summed E-state index contributed by atoms with van der Waals surface area (Å²) in [7, 11) is 0. The minimum absolute atomic E-state index is 1.09. The highest BCUT2D eigenvalue weighted by Gasteiger charge is 2.18. The summed E-state index contributed by atoms with van der Waals surface area (Å²) in [4.78, 5) is 2.38. The number of nitrogens with zero attached hydrogens (tertiary/aromatic N) is 1. The van der Waals surface area contributed by atoms with Gasteiger partial charge in [-0.05, 0) is 130 Å². The second kappa shape index (κ2) is 14.6. The van der Waals surface area contributed by atoms with Gasteiger partial charge < -0.3 is 4.90 Å². The van der Waals surface area contributed by atoms with Crippen molar-refractivity contribution in [2.45, 2.75) is 0 Å². The Labute approximate surface area is 344 Å². The van der Waals surface area contributed by atoms with Gasteiger partial charge in [-0.15, -0.1) is 0 Å². The molecule has 0 radical (unpaired) electrons. The van der Waals surface area contributed by atoms with Gasteiger partial charge in [0.2, 0.25) is 0 Å². The topological polar surface area (TPSA) is 3.24 Å². The molecule has 1 nitrogen and oxygen atoms in total. The smallest absolute Gasteiger partial charge is 0.0468 e.